The van der Waals surface area contributed by atoms with Crippen molar-refractivity contribution in [1.82, 2.24) is 10.6 Å². The van der Waals surface area contributed by atoms with Crippen LogP contribution < -0.4 is 10.6 Å². The lowest BCUT2D eigenvalue weighted by atomic mass is 9.79. The van der Waals surface area contributed by atoms with Gasteiger partial charge in [0, 0.05) is 23.7 Å². The Hall–Kier alpha value is -0.610. The number of hydrogen-bond donors (Lipinski definition) is 2. The minimum absolute atomic E-state index is 0.0184. The van der Waals surface area contributed by atoms with Gasteiger partial charge in [0.05, 0.1) is 12.0 Å². The second-order valence-electron chi connectivity index (χ2n) is 7.83. The van der Waals surface area contributed by atoms with Gasteiger partial charge in [-0.3, -0.25) is 4.79 Å². The third-order valence-electron chi connectivity index (χ3n) is 4.48. The maximum Gasteiger partial charge on any atom is 0.225 e. The van der Waals surface area contributed by atoms with E-state index in [-0.39, 0.29) is 35.0 Å². The number of carbonyl (C=O) groups is 1. The molecule has 2 saturated heterocycles. The fraction of sp³-hybridized carbons (Fsp3) is 0.938. The lowest BCUT2D eigenvalue weighted by molar-refractivity contribution is -0.134. The summed E-state index contributed by atoms with van der Waals surface area (Å²) in [5.41, 5.74) is 0.128. The van der Waals surface area contributed by atoms with Gasteiger partial charge in [-0.2, -0.15) is 0 Å². The predicted molar refractivity (Wildman–Crippen MR) is 80.6 cm³/mol. The molecule has 2 fully saturated rings. The Morgan fingerprint density at radius 3 is 2.35 bits per heavy atom. The summed E-state index contributed by atoms with van der Waals surface area (Å²) >= 11 is 0. The van der Waals surface area contributed by atoms with E-state index in [1.165, 1.54) is 0 Å². The van der Waals surface area contributed by atoms with E-state index in [0.29, 0.717) is 0 Å². The van der Waals surface area contributed by atoms with Gasteiger partial charge in [0.1, 0.15) is 0 Å². The standard InChI is InChI=1S/C16H30N2O2/c1-11-13(7-6-8-20-11)14(19)17-12-9-15(2,3)18-16(4,5)10-12/h11-13,18H,6-10H2,1-5H3,(H,17,19). The van der Waals surface area contributed by atoms with Crippen molar-refractivity contribution in [2.45, 2.75) is 83.5 Å². The van der Waals surface area contributed by atoms with E-state index < -0.39 is 0 Å². The minimum Gasteiger partial charge on any atom is -0.378 e. The summed E-state index contributed by atoms with van der Waals surface area (Å²) in [5, 5.41) is 6.92. The Kier molecular flexibility index (Phi) is 4.45. The van der Waals surface area contributed by atoms with Crippen LogP contribution in [0.2, 0.25) is 0 Å². The molecule has 2 N–H and O–H groups in total. The monoisotopic (exact) mass is 282 g/mol. The summed E-state index contributed by atoms with van der Waals surface area (Å²) in [7, 11) is 0. The third kappa shape index (κ3) is 3.95. The zero-order valence-corrected chi connectivity index (χ0v) is 13.6. The van der Waals surface area contributed by atoms with Crippen molar-refractivity contribution in [2.75, 3.05) is 6.61 Å². The highest BCUT2D eigenvalue weighted by molar-refractivity contribution is 5.79. The predicted octanol–water partition coefficient (Wildman–Crippen LogP) is 2.23. The van der Waals surface area contributed by atoms with Crippen molar-refractivity contribution in [3.8, 4) is 0 Å². The SMILES string of the molecule is CC1OCCCC1C(=O)NC1CC(C)(C)NC(C)(C)C1. The van der Waals surface area contributed by atoms with Crippen LogP contribution in [-0.4, -0.2) is 35.7 Å². The maximum absolute atomic E-state index is 12.5. The first-order chi connectivity index (χ1) is 9.19. The lowest BCUT2D eigenvalue weighted by Crippen LogP contribution is -2.62. The van der Waals surface area contributed by atoms with Crippen molar-refractivity contribution < 1.29 is 9.53 Å². The number of hydrogen-bond acceptors (Lipinski definition) is 3. The molecule has 4 nitrogen and oxygen atoms in total. The van der Waals surface area contributed by atoms with E-state index in [1.54, 1.807) is 0 Å². The Bertz CT molecular complexity index is 349. The highest BCUT2D eigenvalue weighted by Crippen LogP contribution is 2.29. The second-order valence-corrected chi connectivity index (χ2v) is 7.83. The molecular formula is C16H30N2O2. The van der Waals surface area contributed by atoms with Crippen LogP contribution in [0.1, 0.15) is 60.3 Å². The van der Waals surface area contributed by atoms with Gasteiger partial charge in [-0.15, -0.1) is 0 Å². The maximum atomic E-state index is 12.5. The van der Waals surface area contributed by atoms with Crippen molar-refractivity contribution >= 4 is 5.91 Å². The van der Waals surface area contributed by atoms with E-state index >= 15 is 0 Å². The summed E-state index contributed by atoms with van der Waals surface area (Å²) in [6.07, 6.45) is 3.94. The molecule has 2 atom stereocenters. The Morgan fingerprint density at radius 2 is 1.80 bits per heavy atom. The van der Waals surface area contributed by atoms with E-state index in [0.717, 1.165) is 32.3 Å². The number of ether oxygens (including phenoxy) is 1. The van der Waals surface area contributed by atoms with E-state index in [9.17, 15) is 4.79 Å². The number of rotatable bonds is 2. The first-order valence-corrected chi connectivity index (χ1v) is 7.90. The molecule has 4 heteroatoms. The quantitative estimate of drug-likeness (QED) is 0.816. The summed E-state index contributed by atoms with van der Waals surface area (Å²) in [6.45, 7) is 11.6. The Labute approximate surface area is 123 Å². The largest absolute Gasteiger partial charge is 0.378 e. The first kappa shape index (κ1) is 15.8. The lowest BCUT2D eigenvalue weighted by Gasteiger charge is -2.47. The molecular weight excluding hydrogens is 252 g/mol. The molecule has 0 aromatic carbocycles. The molecule has 0 radical (unpaired) electrons. The van der Waals surface area contributed by atoms with Gasteiger partial charge < -0.3 is 15.4 Å². The molecule has 20 heavy (non-hydrogen) atoms. The van der Waals surface area contributed by atoms with Crippen LogP contribution in [0.3, 0.4) is 0 Å². The summed E-state index contributed by atoms with van der Waals surface area (Å²) in [4.78, 5) is 12.5. The molecule has 0 spiro atoms. The van der Waals surface area contributed by atoms with Gasteiger partial charge in [-0.05, 0) is 60.3 Å². The molecule has 0 aliphatic carbocycles. The van der Waals surface area contributed by atoms with Gasteiger partial charge in [-0.1, -0.05) is 0 Å². The molecule has 0 aromatic heterocycles. The van der Waals surface area contributed by atoms with Crippen LogP contribution >= 0.6 is 0 Å². The highest BCUT2D eigenvalue weighted by atomic mass is 16.5. The molecule has 0 saturated carbocycles. The minimum atomic E-state index is 0.0184. The number of piperidine rings is 1. The van der Waals surface area contributed by atoms with Gasteiger partial charge in [-0.25, -0.2) is 0 Å². The number of carbonyl (C=O) groups excluding carboxylic acids is 1. The zero-order chi connectivity index (χ0) is 15.0. The number of nitrogens with one attached hydrogen (secondary N) is 2. The Balaban J connectivity index is 1.96. The summed E-state index contributed by atoms with van der Waals surface area (Å²) in [6, 6.07) is 0.253. The zero-order valence-electron chi connectivity index (χ0n) is 13.6. The van der Waals surface area contributed by atoms with Crippen molar-refractivity contribution in [2.24, 2.45) is 5.92 Å². The number of amides is 1. The van der Waals surface area contributed by atoms with E-state index in [2.05, 4.69) is 38.3 Å². The molecule has 2 unspecified atom stereocenters. The van der Waals surface area contributed by atoms with E-state index in [1.807, 2.05) is 6.92 Å². The molecule has 2 aliphatic heterocycles. The molecule has 1 amide bonds. The van der Waals surface area contributed by atoms with Crippen LogP contribution in [0.25, 0.3) is 0 Å². The molecule has 2 aliphatic rings. The highest BCUT2D eigenvalue weighted by Gasteiger charge is 2.39. The molecule has 2 rings (SSSR count). The van der Waals surface area contributed by atoms with Crippen molar-refractivity contribution in [3.05, 3.63) is 0 Å². The molecule has 2 heterocycles. The summed E-state index contributed by atoms with van der Waals surface area (Å²) < 4.78 is 5.61. The van der Waals surface area contributed by atoms with Gasteiger partial charge >= 0.3 is 0 Å². The molecule has 116 valence electrons. The van der Waals surface area contributed by atoms with Crippen LogP contribution in [-0.2, 0) is 9.53 Å². The van der Waals surface area contributed by atoms with E-state index in [4.69, 9.17) is 4.74 Å². The van der Waals surface area contributed by atoms with Gasteiger partial charge in [0.25, 0.3) is 0 Å². The fourth-order valence-corrected chi connectivity index (χ4v) is 4.00. The van der Waals surface area contributed by atoms with Crippen LogP contribution in [0.5, 0.6) is 0 Å². The third-order valence-corrected chi connectivity index (χ3v) is 4.48. The van der Waals surface area contributed by atoms with Crippen LogP contribution in [0, 0.1) is 5.92 Å². The van der Waals surface area contributed by atoms with Gasteiger partial charge in [0.2, 0.25) is 5.91 Å². The second kappa shape index (κ2) is 5.64. The van der Waals surface area contributed by atoms with Crippen LogP contribution in [0.4, 0.5) is 0 Å². The summed E-state index contributed by atoms with van der Waals surface area (Å²) in [5.74, 6) is 0.195. The Morgan fingerprint density at radius 1 is 1.20 bits per heavy atom. The molecule has 0 bridgehead atoms. The fourth-order valence-electron chi connectivity index (χ4n) is 4.00. The first-order valence-electron chi connectivity index (χ1n) is 7.90. The van der Waals surface area contributed by atoms with Crippen molar-refractivity contribution in [3.63, 3.8) is 0 Å². The van der Waals surface area contributed by atoms with Gasteiger partial charge in [0.15, 0.2) is 0 Å². The smallest absolute Gasteiger partial charge is 0.225 e. The van der Waals surface area contributed by atoms with Crippen molar-refractivity contribution in [1.29, 1.82) is 0 Å². The molecule has 0 aromatic rings. The average molecular weight is 282 g/mol. The van der Waals surface area contributed by atoms with Crippen LogP contribution in [0.15, 0.2) is 0 Å². The average Bonchev–Trinajstić information content (AvgIpc) is 2.24. The normalized spacial score (nSPS) is 33.6. The topological polar surface area (TPSA) is 50.4 Å².